The third-order valence-corrected chi connectivity index (χ3v) is 6.92. The second-order valence-corrected chi connectivity index (χ2v) is 7.53. The first-order valence-electron chi connectivity index (χ1n) is 7.21. The van der Waals surface area contributed by atoms with Gasteiger partial charge in [0.1, 0.15) is 5.73 Å². The van der Waals surface area contributed by atoms with Crippen molar-refractivity contribution in [3.63, 3.8) is 0 Å². The molecular weight excluding hydrogens is 248 g/mol. The highest BCUT2D eigenvalue weighted by atomic mass is 28.4. The fourth-order valence-corrected chi connectivity index (χ4v) is 6.20. The summed E-state index contributed by atoms with van der Waals surface area (Å²) in [4.78, 5) is 0. The molecule has 0 amide bonds. The van der Waals surface area contributed by atoms with Gasteiger partial charge in [-0.25, -0.2) is 0 Å². The molecule has 1 aliphatic rings. The normalized spacial score (nSPS) is 22.2. The summed E-state index contributed by atoms with van der Waals surface area (Å²) in [6.07, 6.45) is 3.59. The lowest BCUT2D eigenvalue weighted by molar-refractivity contribution is 0.0396. The van der Waals surface area contributed by atoms with E-state index in [2.05, 4.69) is 0 Å². The van der Waals surface area contributed by atoms with Crippen molar-refractivity contribution in [2.75, 3.05) is 26.4 Å². The summed E-state index contributed by atoms with van der Waals surface area (Å²) in [5, 5.41) is 7.57. The Kier molecular flexibility index (Phi) is 11.0. The number of ether oxygens (including phenoxy) is 1. The van der Waals surface area contributed by atoms with E-state index in [0.717, 1.165) is 32.3 Å². The van der Waals surface area contributed by atoms with Crippen LogP contribution in [0.15, 0.2) is 0 Å². The van der Waals surface area contributed by atoms with Crippen LogP contribution in [0.25, 0.3) is 0 Å². The van der Waals surface area contributed by atoms with Crippen LogP contribution in [0.4, 0.5) is 0 Å². The van der Waals surface area contributed by atoms with Crippen LogP contribution in [0, 0.1) is 0 Å². The van der Waals surface area contributed by atoms with E-state index in [9.17, 15) is 0 Å². The van der Waals surface area contributed by atoms with Crippen LogP contribution in [-0.4, -0.2) is 45.8 Å². The molecule has 5 heteroatoms. The zero-order valence-electron chi connectivity index (χ0n) is 12.4. The predicted molar refractivity (Wildman–Crippen MR) is 75.8 cm³/mol. The highest BCUT2D eigenvalue weighted by Gasteiger charge is 2.48. The van der Waals surface area contributed by atoms with E-state index in [1.54, 1.807) is 6.92 Å². The van der Waals surface area contributed by atoms with Crippen LogP contribution >= 0.6 is 0 Å². The van der Waals surface area contributed by atoms with Gasteiger partial charge < -0.3 is 18.7 Å². The van der Waals surface area contributed by atoms with Crippen molar-refractivity contribution in [3.8, 4) is 0 Å². The average Bonchev–Trinajstić information content (AvgIpc) is 2.34. The molecule has 0 aromatic rings. The van der Waals surface area contributed by atoms with Gasteiger partial charge in [0.05, 0.1) is 0 Å². The van der Waals surface area contributed by atoms with Gasteiger partial charge in [0.2, 0.25) is 0 Å². The minimum Gasteiger partial charge on any atom is -0.397 e. The van der Waals surface area contributed by atoms with Gasteiger partial charge in [0.25, 0.3) is 0 Å². The molecule has 1 unspecified atom stereocenters. The highest BCUT2D eigenvalue weighted by Crippen LogP contribution is 2.32. The largest absolute Gasteiger partial charge is 0.397 e. The Morgan fingerprint density at radius 2 is 1.56 bits per heavy atom. The van der Waals surface area contributed by atoms with E-state index >= 15 is 0 Å². The molecule has 0 radical (unpaired) electrons. The summed E-state index contributed by atoms with van der Waals surface area (Å²) in [6.45, 7) is 10.3. The summed E-state index contributed by atoms with van der Waals surface area (Å²) in [6, 6.07) is 1.10. The Morgan fingerprint density at radius 3 is 2.00 bits per heavy atom. The molecule has 110 valence electrons. The molecule has 4 nitrogen and oxygen atoms in total. The zero-order valence-corrected chi connectivity index (χ0v) is 13.4. The van der Waals surface area contributed by atoms with Crippen molar-refractivity contribution in [1.29, 1.82) is 0 Å². The monoisotopic (exact) mass is 278 g/mol. The molecule has 18 heavy (non-hydrogen) atoms. The topological polar surface area (TPSA) is 47.9 Å². The fourth-order valence-electron chi connectivity index (χ4n) is 2.35. The quantitative estimate of drug-likeness (QED) is 0.759. The van der Waals surface area contributed by atoms with Gasteiger partial charge >= 0.3 is 8.56 Å². The number of hydrogen-bond acceptors (Lipinski definition) is 4. The minimum absolute atomic E-state index is 0.246. The van der Waals surface area contributed by atoms with Gasteiger partial charge in [0, 0.05) is 26.4 Å². The van der Waals surface area contributed by atoms with E-state index in [1.807, 2.05) is 20.8 Å². The molecule has 1 aliphatic heterocycles. The number of aliphatic hydroxyl groups excluding tert-OH is 1. The van der Waals surface area contributed by atoms with Gasteiger partial charge in [-0.3, -0.25) is 0 Å². The number of rotatable bonds is 6. The molecule has 1 saturated heterocycles. The number of aliphatic hydroxyl groups is 1. The molecular formula is C13H30O4Si. The maximum Gasteiger partial charge on any atom is 0.368 e. The molecule has 1 rings (SSSR count). The number of hydrogen-bond donors (Lipinski definition) is 1. The van der Waals surface area contributed by atoms with Gasteiger partial charge in [-0.05, 0) is 40.2 Å². The third kappa shape index (κ3) is 5.80. The summed E-state index contributed by atoms with van der Waals surface area (Å²) >= 11 is 0. The molecule has 1 heterocycles. The Balaban J connectivity index is 0.000000873. The molecule has 0 spiro atoms. The maximum atomic E-state index is 7.57. The Labute approximate surface area is 113 Å². The molecule has 0 saturated carbocycles. The molecule has 0 aromatic carbocycles. The molecule has 1 fully saturated rings. The molecule has 0 aliphatic carbocycles. The molecule has 1 atom stereocenters. The standard InChI is InChI=1S/C11H24O3Si.C2H6O/c1-4-12-11-9-7-8-10-15(11,13-5-2)14-6-3;1-2-3/h11H,4-10H2,1-3H3;3H,2H2,1H3. The summed E-state index contributed by atoms with van der Waals surface area (Å²) in [7, 11) is -2.06. The smallest absolute Gasteiger partial charge is 0.368 e. The van der Waals surface area contributed by atoms with Crippen LogP contribution in [0.1, 0.15) is 47.0 Å². The Morgan fingerprint density at radius 1 is 1.00 bits per heavy atom. The van der Waals surface area contributed by atoms with E-state index < -0.39 is 8.56 Å². The van der Waals surface area contributed by atoms with Crippen LogP contribution in [-0.2, 0) is 13.6 Å². The molecule has 1 N–H and O–H groups in total. The first kappa shape index (κ1) is 18.1. The van der Waals surface area contributed by atoms with Crippen molar-refractivity contribution >= 4 is 8.56 Å². The van der Waals surface area contributed by atoms with Crippen LogP contribution in [0.3, 0.4) is 0 Å². The van der Waals surface area contributed by atoms with Gasteiger partial charge in [-0.15, -0.1) is 0 Å². The average molecular weight is 278 g/mol. The van der Waals surface area contributed by atoms with Crippen molar-refractivity contribution in [2.45, 2.75) is 58.7 Å². The van der Waals surface area contributed by atoms with Crippen LogP contribution < -0.4 is 0 Å². The Hall–Kier alpha value is 0.0569. The summed E-state index contributed by atoms with van der Waals surface area (Å²) in [5.41, 5.74) is 0.246. The lowest BCUT2D eigenvalue weighted by atomic mass is 10.2. The zero-order chi connectivity index (χ0) is 13.9. The predicted octanol–water partition coefficient (Wildman–Crippen LogP) is 2.63. The van der Waals surface area contributed by atoms with Gasteiger partial charge in [0.15, 0.2) is 0 Å². The first-order valence-corrected chi connectivity index (χ1v) is 9.31. The lowest BCUT2D eigenvalue weighted by Crippen LogP contribution is -2.56. The molecule has 0 bridgehead atoms. The van der Waals surface area contributed by atoms with E-state index in [-0.39, 0.29) is 12.3 Å². The first-order chi connectivity index (χ1) is 8.70. The third-order valence-electron chi connectivity index (χ3n) is 2.88. The van der Waals surface area contributed by atoms with Gasteiger partial charge in [-0.2, -0.15) is 0 Å². The van der Waals surface area contributed by atoms with Crippen molar-refractivity contribution < 1.29 is 18.7 Å². The van der Waals surface area contributed by atoms with E-state index in [1.165, 1.54) is 12.8 Å². The fraction of sp³-hybridized carbons (Fsp3) is 1.00. The van der Waals surface area contributed by atoms with E-state index in [4.69, 9.17) is 18.7 Å². The van der Waals surface area contributed by atoms with Crippen molar-refractivity contribution in [2.24, 2.45) is 0 Å². The second kappa shape index (κ2) is 10.9. The Bertz CT molecular complexity index is 176. The summed E-state index contributed by atoms with van der Waals surface area (Å²) < 4.78 is 17.8. The van der Waals surface area contributed by atoms with Gasteiger partial charge in [-0.1, -0.05) is 12.8 Å². The van der Waals surface area contributed by atoms with Crippen LogP contribution in [0.5, 0.6) is 0 Å². The maximum absolute atomic E-state index is 7.57. The second-order valence-electron chi connectivity index (χ2n) is 4.18. The van der Waals surface area contributed by atoms with Crippen molar-refractivity contribution in [1.82, 2.24) is 0 Å². The SMILES string of the molecule is CCO.CCOC1CCCC[Si]1(OCC)OCC. The minimum atomic E-state index is -2.06. The summed E-state index contributed by atoms with van der Waals surface area (Å²) in [5.74, 6) is 0. The highest BCUT2D eigenvalue weighted by molar-refractivity contribution is 6.69. The molecule has 0 aromatic heterocycles. The van der Waals surface area contributed by atoms with Crippen molar-refractivity contribution in [3.05, 3.63) is 0 Å². The lowest BCUT2D eigenvalue weighted by Gasteiger charge is -2.39. The van der Waals surface area contributed by atoms with E-state index in [0.29, 0.717) is 0 Å². The van der Waals surface area contributed by atoms with Crippen LogP contribution in [0.2, 0.25) is 6.04 Å².